The van der Waals surface area contributed by atoms with Crippen LogP contribution in [-0.4, -0.2) is 15.8 Å². The van der Waals surface area contributed by atoms with E-state index in [2.05, 4.69) is 9.97 Å². The van der Waals surface area contributed by atoms with Gasteiger partial charge in [0.1, 0.15) is 5.15 Å². The van der Waals surface area contributed by atoms with Gasteiger partial charge in [-0.25, -0.2) is 4.98 Å². The van der Waals surface area contributed by atoms with Gasteiger partial charge in [-0.15, -0.1) is 0 Å². The Morgan fingerprint density at radius 2 is 1.95 bits per heavy atom. The van der Waals surface area contributed by atoms with Crippen molar-refractivity contribution < 1.29 is 4.79 Å². The van der Waals surface area contributed by atoms with Gasteiger partial charge in [-0.05, 0) is 24.3 Å². The zero-order valence-corrected chi connectivity index (χ0v) is 12.2. The number of benzene rings is 1. The molecule has 106 valence electrons. The van der Waals surface area contributed by atoms with Gasteiger partial charge in [-0.2, -0.15) is 5.26 Å². The molecule has 0 aliphatic rings. The lowest BCUT2D eigenvalue weighted by Gasteiger charge is -2.09. The molecule has 22 heavy (non-hydrogen) atoms. The number of hydrogen-bond acceptors (Lipinski definition) is 4. The van der Waals surface area contributed by atoms with E-state index in [1.807, 2.05) is 36.4 Å². The van der Waals surface area contributed by atoms with Gasteiger partial charge in [0.25, 0.3) is 0 Å². The smallest absolute Gasteiger partial charge is 0.189 e. The molecule has 1 aromatic carbocycles. The maximum Gasteiger partial charge on any atom is 0.189 e. The van der Waals surface area contributed by atoms with Gasteiger partial charge >= 0.3 is 0 Å². The number of fused-ring (bicyclic) bond motifs is 1. The van der Waals surface area contributed by atoms with E-state index >= 15 is 0 Å². The minimum absolute atomic E-state index is 0.0912. The highest BCUT2D eigenvalue weighted by Gasteiger charge is 2.25. The molecule has 4 nitrogen and oxygen atoms in total. The van der Waals surface area contributed by atoms with Gasteiger partial charge in [-0.3, -0.25) is 9.78 Å². The van der Waals surface area contributed by atoms with Crippen LogP contribution < -0.4 is 0 Å². The van der Waals surface area contributed by atoms with Crippen molar-refractivity contribution in [2.75, 3.05) is 0 Å². The summed E-state index contributed by atoms with van der Waals surface area (Å²) in [6.07, 6.45) is 1.49. The third kappa shape index (κ3) is 2.54. The first-order valence-electron chi connectivity index (χ1n) is 6.61. The molecule has 1 atom stereocenters. The van der Waals surface area contributed by atoms with Gasteiger partial charge in [0.15, 0.2) is 11.7 Å². The molecule has 0 aliphatic heterocycles. The van der Waals surface area contributed by atoms with Gasteiger partial charge in [0.2, 0.25) is 0 Å². The summed E-state index contributed by atoms with van der Waals surface area (Å²) in [6, 6.07) is 16.3. The maximum absolute atomic E-state index is 12.5. The van der Waals surface area contributed by atoms with E-state index in [4.69, 9.17) is 11.6 Å². The van der Waals surface area contributed by atoms with Crippen molar-refractivity contribution in [3.05, 3.63) is 71.1 Å². The van der Waals surface area contributed by atoms with Crippen molar-refractivity contribution in [2.24, 2.45) is 0 Å². The number of para-hydroxylation sites is 1. The Bertz CT molecular complexity index is 902. The molecule has 2 heterocycles. The van der Waals surface area contributed by atoms with Crippen molar-refractivity contribution in [3.63, 3.8) is 0 Å². The molecule has 2 aromatic heterocycles. The summed E-state index contributed by atoms with van der Waals surface area (Å²) in [5.41, 5.74) is 1.38. The Kier molecular flexibility index (Phi) is 3.82. The predicted molar refractivity (Wildman–Crippen MR) is 83.7 cm³/mol. The molecule has 0 saturated heterocycles. The molecule has 0 aliphatic carbocycles. The fourth-order valence-electron chi connectivity index (χ4n) is 2.23. The number of aromatic nitrogens is 2. The Balaban J connectivity index is 2.05. The van der Waals surface area contributed by atoms with E-state index in [0.717, 1.165) is 10.9 Å². The Morgan fingerprint density at radius 3 is 2.73 bits per heavy atom. The van der Waals surface area contributed by atoms with Crippen molar-refractivity contribution in [1.82, 2.24) is 9.97 Å². The molecule has 0 fully saturated rings. The third-order valence-corrected chi connectivity index (χ3v) is 3.63. The van der Waals surface area contributed by atoms with Crippen LogP contribution >= 0.6 is 11.6 Å². The lowest BCUT2D eigenvalue weighted by molar-refractivity contribution is 0.0977. The molecule has 0 amide bonds. The zero-order valence-electron chi connectivity index (χ0n) is 11.4. The number of carbonyl (C=O) groups is 1. The highest BCUT2D eigenvalue weighted by atomic mass is 35.5. The average molecular weight is 308 g/mol. The molecule has 0 radical (unpaired) electrons. The van der Waals surface area contributed by atoms with Gasteiger partial charge < -0.3 is 0 Å². The number of ketones is 1. The van der Waals surface area contributed by atoms with Crippen LogP contribution in [0.4, 0.5) is 0 Å². The number of halogens is 1. The molecular formula is C17H10ClN3O. The summed E-state index contributed by atoms with van der Waals surface area (Å²) in [7, 11) is 0. The topological polar surface area (TPSA) is 66.6 Å². The highest BCUT2D eigenvalue weighted by molar-refractivity contribution is 6.33. The quantitative estimate of drug-likeness (QED) is 0.545. The molecule has 0 bridgehead atoms. The molecule has 0 spiro atoms. The van der Waals surface area contributed by atoms with Crippen molar-refractivity contribution in [3.8, 4) is 6.07 Å². The standard InChI is InChI=1S/C17H10ClN3O/c18-17-12(5-3-9-20-17)16(22)13(10-19)15-8-7-11-4-1-2-6-14(11)21-15/h1-9,13H. The van der Waals surface area contributed by atoms with Crippen LogP contribution in [0.3, 0.4) is 0 Å². The number of Topliss-reactive ketones (excluding diaryl/α,β-unsaturated/α-hetero) is 1. The van der Waals surface area contributed by atoms with Gasteiger partial charge in [0, 0.05) is 11.6 Å². The largest absolute Gasteiger partial charge is 0.292 e. The highest BCUT2D eigenvalue weighted by Crippen LogP contribution is 2.24. The summed E-state index contributed by atoms with van der Waals surface area (Å²) in [5, 5.41) is 10.4. The fourth-order valence-corrected chi connectivity index (χ4v) is 2.44. The molecule has 0 saturated carbocycles. The first-order chi connectivity index (χ1) is 10.7. The minimum atomic E-state index is -1.01. The summed E-state index contributed by atoms with van der Waals surface area (Å²) in [6.45, 7) is 0. The monoisotopic (exact) mass is 307 g/mol. The Hall–Kier alpha value is -2.77. The zero-order chi connectivity index (χ0) is 15.5. The van der Waals surface area contributed by atoms with E-state index in [0.29, 0.717) is 5.69 Å². The average Bonchev–Trinajstić information content (AvgIpc) is 2.55. The number of carbonyl (C=O) groups excluding carboxylic acids is 1. The van der Waals surface area contributed by atoms with Gasteiger partial charge in [-0.1, -0.05) is 35.9 Å². The fraction of sp³-hybridized carbons (Fsp3) is 0.0588. The first-order valence-corrected chi connectivity index (χ1v) is 6.98. The number of rotatable bonds is 3. The van der Waals surface area contributed by atoms with Crippen LogP contribution in [0.2, 0.25) is 5.15 Å². The van der Waals surface area contributed by atoms with E-state index in [1.54, 1.807) is 18.2 Å². The number of nitrogens with zero attached hydrogens (tertiary/aromatic N) is 3. The summed E-state index contributed by atoms with van der Waals surface area (Å²) >= 11 is 5.94. The predicted octanol–water partition coefficient (Wildman–Crippen LogP) is 3.77. The second kappa shape index (κ2) is 5.92. The van der Waals surface area contributed by atoms with E-state index in [9.17, 15) is 10.1 Å². The first kappa shape index (κ1) is 14.2. The number of nitriles is 1. The SMILES string of the molecule is N#CC(C(=O)c1cccnc1Cl)c1ccc2ccccc2n1. The third-order valence-electron chi connectivity index (χ3n) is 3.33. The molecule has 1 unspecified atom stereocenters. The number of hydrogen-bond donors (Lipinski definition) is 0. The second-order valence-corrected chi connectivity index (χ2v) is 5.05. The van der Waals surface area contributed by atoms with E-state index < -0.39 is 11.7 Å². The maximum atomic E-state index is 12.5. The number of pyridine rings is 2. The van der Waals surface area contributed by atoms with Crippen LogP contribution in [0.25, 0.3) is 10.9 Å². The summed E-state index contributed by atoms with van der Waals surface area (Å²) in [4.78, 5) is 20.8. The van der Waals surface area contributed by atoms with Crippen LogP contribution in [0.5, 0.6) is 0 Å². The van der Waals surface area contributed by atoms with Crippen molar-refractivity contribution >= 4 is 28.3 Å². The normalized spacial score (nSPS) is 11.8. The summed E-state index contributed by atoms with van der Waals surface area (Å²) in [5.74, 6) is -1.41. The molecular weight excluding hydrogens is 298 g/mol. The van der Waals surface area contributed by atoms with E-state index in [1.165, 1.54) is 6.20 Å². The molecule has 5 heteroatoms. The lowest BCUT2D eigenvalue weighted by Crippen LogP contribution is -2.13. The van der Waals surface area contributed by atoms with Gasteiger partial charge in [0.05, 0.1) is 22.8 Å². The Labute approximate surface area is 132 Å². The Morgan fingerprint density at radius 1 is 1.14 bits per heavy atom. The molecule has 3 aromatic rings. The second-order valence-electron chi connectivity index (χ2n) is 4.70. The van der Waals surface area contributed by atoms with Crippen molar-refractivity contribution in [2.45, 2.75) is 5.92 Å². The summed E-state index contributed by atoms with van der Waals surface area (Å²) < 4.78 is 0. The van der Waals surface area contributed by atoms with Crippen molar-refractivity contribution in [1.29, 1.82) is 5.26 Å². The van der Waals surface area contributed by atoms with Crippen LogP contribution in [-0.2, 0) is 0 Å². The van der Waals surface area contributed by atoms with E-state index in [-0.39, 0.29) is 10.7 Å². The minimum Gasteiger partial charge on any atom is -0.292 e. The lowest BCUT2D eigenvalue weighted by atomic mass is 9.96. The molecule has 0 N–H and O–H groups in total. The van der Waals surface area contributed by atoms with Crippen LogP contribution in [0, 0.1) is 11.3 Å². The molecule has 3 rings (SSSR count). The van der Waals surface area contributed by atoms with Crippen LogP contribution in [0.15, 0.2) is 54.7 Å². The van der Waals surface area contributed by atoms with Crippen LogP contribution in [0.1, 0.15) is 22.0 Å².